The molecule has 168 valence electrons. The summed E-state index contributed by atoms with van der Waals surface area (Å²) in [6.07, 6.45) is 0. The van der Waals surface area contributed by atoms with Gasteiger partial charge in [-0.1, -0.05) is 73.8 Å². The summed E-state index contributed by atoms with van der Waals surface area (Å²) in [5.41, 5.74) is 5.57. The van der Waals surface area contributed by atoms with Gasteiger partial charge in [0.25, 0.3) is 0 Å². The third-order valence-corrected chi connectivity index (χ3v) is 7.46. The van der Waals surface area contributed by atoms with Gasteiger partial charge in [-0.05, 0) is 106 Å². The average molecular weight is 481 g/mol. The highest BCUT2D eigenvalue weighted by molar-refractivity contribution is 8.14. The molecule has 4 rings (SSSR count). The highest BCUT2D eigenvalue weighted by Crippen LogP contribution is 2.37. The van der Waals surface area contributed by atoms with E-state index in [1.807, 2.05) is 36.4 Å². The molecular weight excluding hydrogens is 456 g/mol. The van der Waals surface area contributed by atoms with Gasteiger partial charge in [-0.15, -0.1) is 0 Å². The Labute approximate surface area is 208 Å². The van der Waals surface area contributed by atoms with Crippen molar-refractivity contribution in [3.63, 3.8) is 0 Å². The Hall–Kier alpha value is -3.34. The van der Waals surface area contributed by atoms with Crippen molar-refractivity contribution >= 4 is 44.5 Å². The van der Waals surface area contributed by atoms with Gasteiger partial charge in [-0.2, -0.15) is 0 Å². The number of carbonyl (C=O) groups is 2. The first-order valence-corrected chi connectivity index (χ1v) is 12.4. The molecular formula is C30H24O2S2. The van der Waals surface area contributed by atoms with Crippen molar-refractivity contribution in [2.45, 2.75) is 23.6 Å². The molecule has 0 unspecified atom stereocenters. The fraction of sp³-hybridized carbons (Fsp3) is 0.0667. The summed E-state index contributed by atoms with van der Waals surface area (Å²) in [7, 11) is 0. The number of fused-ring (bicyclic) bond motifs is 1. The van der Waals surface area contributed by atoms with Crippen LogP contribution < -0.4 is 0 Å². The Morgan fingerprint density at radius 3 is 1.24 bits per heavy atom. The number of hydrogen-bond acceptors (Lipinski definition) is 4. The first kappa shape index (κ1) is 23.8. The van der Waals surface area contributed by atoms with Crippen LogP contribution in [0.5, 0.6) is 0 Å². The highest BCUT2D eigenvalue weighted by Gasteiger charge is 2.11. The minimum atomic E-state index is -0.0176. The molecule has 0 aliphatic rings. The minimum absolute atomic E-state index is 0.0176. The molecule has 0 N–H and O–H groups in total. The summed E-state index contributed by atoms with van der Waals surface area (Å²) in [5.74, 6) is 0. The van der Waals surface area contributed by atoms with E-state index in [1.54, 1.807) is 13.8 Å². The van der Waals surface area contributed by atoms with Gasteiger partial charge in [0, 0.05) is 9.79 Å². The predicted molar refractivity (Wildman–Crippen MR) is 146 cm³/mol. The summed E-state index contributed by atoms with van der Waals surface area (Å²) >= 11 is 2.40. The van der Waals surface area contributed by atoms with Crippen molar-refractivity contribution in [1.29, 1.82) is 0 Å². The van der Waals surface area contributed by atoms with E-state index in [-0.39, 0.29) is 10.2 Å². The van der Waals surface area contributed by atoms with Gasteiger partial charge >= 0.3 is 0 Å². The Kier molecular flexibility index (Phi) is 7.20. The molecule has 0 radical (unpaired) electrons. The van der Waals surface area contributed by atoms with Crippen LogP contribution in [0.4, 0.5) is 0 Å². The summed E-state index contributed by atoms with van der Waals surface area (Å²) in [6.45, 7) is 10.9. The monoisotopic (exact) mass is 480 g/mol. The van der Waals surface area contributed by atoms with Crippen LogP contribution >= 0.6 is 23.5 Å². The molecule has 0 atom stereocenters. The van der Waals surface area contributed by atoms with Crippen LogP contribution in [0.25, 0.3) is 33.0 Å². The molecule has 34 heavy (non-hydrogen) atoms. The van der Waals surface area contributed by atoms with E-state index in [9.17, 15) is 9.59 Å². The summed E-state index contributed by atoms with van der Waals surface area (Å²) in [5, 5.41) is 2.29. The van der Waals surface area contributed by atoms with Crippen LogP contribution in [-0.2, 0) is 9.59 Å². The molecule has 0 heterocycles. The Morgan fingerprint density at radius 1 is 0.559 bits per heavy atom. The zero-order chi connectivity index (χ0) is 24.2. The van der Waals surface area contributed by atoms with Crippen molar-refractivity contribution in [3.8, 4) is 22.3 Å². The second-order valence-electron chi connectivity index (χ2n) is 8.09. The fourth-order valence-corrected chi connectivity index (χ4v) is 4.92. The van der Waals surface area contributed by atoms with Crippen molar-refractivity contribution in [2.75, 3.05) is 0 Å². The molecule has 0 spiro atoms. The number of carbonyl (C=O) groups excluding carboxylic acids is 2. The second kappa shape index (κ2) is 10.3. The first-order chi connectivity index (χ1) is 16.3. The summed E-state index contributed by atoms with van der Waals surface area (Å²) in [4.78, 5) is 25.7. The van der Waals surface area contributed by atoms with Crippen molar-refractivity contribution in [3.05, 3.63) is 109 Å². The maximum Gasteiger partial charge on any atom is 0.219 e. The van der Waals surface area contributed by atoms with E-state index >= 15 is 0 Å². The molecule has 4 aromatic carbocycles. The lowest BCUT2D eigenvalue weighted by Gasteiger charge is -2.13. The van der Waals surface area contributed by atoms with E-state index in [2.05, 4.69) is 61.7 Å². The summed E-state index contributed by atoms with van der Waals surface area (Å²) in [6, 6.07) is 28.8. The van der Waals surface area contributed by atoms with Gasteiger partial charge in [0.15, 0.2) is 0 Å². The normalized spacial score (nSPS) is 10.8. The first-order valence-electron chi connectivity index (χ1n) is 10.8. The Balaban J connectivity index is 1.67. The van der Waals surface area contributed by atoms with E-state index < -0.39 is 0 Å². The van der Waals surface area contributed by atoms with Gasteiger partial charge in [0.05, 0.1) is 0 Å². The quantitative estimate of drug-likeness (QED) is 0.204. The molecule has 0 bridgehead atoms. The molecule has 0 saturated heterocycles. The third-order valence-electron chi connectivity index (χ3n) is 5.37. The largest absolute Gasteiger partial charge is 0.282 e. The topological polar surface area (TPSA) is 34.1 Å². The average Bonchev–Trinajstić information content (AvgIpc) is 2.84. The smallest absolute Gasteiger partial charge is 0.219 e. The highest BCUT2D eigenvalue weighted by atomic mass is 32.2. The lowest BCUT2D eigenvalue weighted by atomic mass is 9.92. The fourth-order valence-electron chi connectivity index (χ4n) is 3.60. The van der Waals surface area contributed by atoms with Crippen LogP contribution in [0.1, 0.15) is 13.8 Å². The number of rotatable bonds is 6. The van der Waals surface area contributed by atoms with Gasteiger partial charge in [-0.25, -0.2) is 0 Å². The number of benzene rings is 4. The molecule has 0 aliphatic heterocycles. The molecule has 4 aromatic rings. The zero-order valence-corrected chi connectivity index (χ0v) is 20.8. The molecule has 0 amide bonds. The third kappa shape index (κ3) is 5.24. The van der Waals surface area contributed by atoms with Gasteiger partial charge in [-0.3, -0.25) is 9.59 Å². The van der Waals surface area contributed by atoms with E-state index in [0.29, 0.717) is 11.1 Å². The Bertz CT molecular complexity index is 1300. The lowest BCUT2D eigenvalue weighted by Crippen LogP contribution is -1.91. The number of thioether (sulfide) groups is 2. The van der Waals surface area contributed by atoms with Crippen LogP contribution in [0.15, 0.2) is 119 Å². The van der Waals surface area contributed by atoms with Gasteiger partial charge in [0.2, 0.25) is 10.2 Å². The lowest BCUT2D eigenvalue weighted by molar-refractivity contribution is -0.108. The van der Waals surface area contributed by atoms with Crippen LogP contribution in [0, 0.1) is 0 Å². The van der Waals surface area contributed by atoms with E-state index in [4.69, 9.17) is 0 Å². The van der Waals surface area contributed by atoms with Crippen LogP contribution in [-0.4, -0.2) is 10.2 Å². The maximum atomic E-state index is 12.0. The number of hydrogen-bond donors (Lipinski definition) is 0. The van der Waals surface area contributed by atoms with Crippen molar-refractivity contribution in [2.24, 2.45) is 0 Å². The molecule has 2 nitrogen and oxygen atoms in total. The summed E-state index contributed by atoms with van der Waals surface area (Å²) < 4.78 is 0. The minimum Gasteiger partial charge on any atom is -0.282 e. The molecule has 0 aromatic heterocycles. The second-order valence-corrected chi connectivity index (χ2v) is 10.2. The standard InChI is InChI=1S/C30H24O2S2/c1-19(2)29(31)33-23-13-9-21(10-14-23)25-17-18-26(28-8-6-5-7-27(25)28)22-11-15-24(16-12-22)34-30(32)20(3)4/h5-18H,1,3H2,2,4H3. The van der Waals surface area contributed by atoms with Gasteiger partial charge < -0.3 is 0 Å². The van der Waals surface area contributed by atoms with E-state index in [0.717, 1.165) is 42.8 Å². The van der Waals surface area contributed by atoms with Crippen LogP contribution in [0.2, 0.25) is 0 Å². The zero-order valence-electron chi connectivity index (χ0n) is 19.1. The van der Waals surface area contributed by atoms with Gasteiger partial charge in [0.1, 0.15) is 0 Å². The maximum absolute atomic E-state index is 12.0. The van der Waals surface area contributed by atoms with Crippen molar-refractivity contribution in [1.82, 2.24) is 0 Å². The van der Waals surface area contributed by atoms with E-state index in [1.165, 1.54) is 23.5 Å². The SMILES string of the molecule is C=C(C)C(=O)Sc1ccc(-c2ccc(-c3ccc(SC(=O)C(=C)C)cc3)c3ccccc23)cc1. The Morgan fingerprint density at radius 2 is 0.912 bits per heavy atom. The van der Waals surface area contributed by atoms with Crippen LogP contribution in [0.3, 0.4) is 0 Å². The molecule has 4 heteroatoms. The molecule has 0 saturated carbocycles. The van der Waals surface area contributed by atoms with Crippen molar-refractivity contribution < 1.29 is 9.59 Å². The molecule has 0 aliphatic carbocycles. The molecule has 0 fully saturated rings. The predicted octanol–water partition coefficient (Wildman–Crippen LogP) is 8.56.